The smallest absolute Gasteiger partial charge is 0.225 e. The number of ether oxygens (including phenoxy) is 4. The molecule has 1 amide bonds. The van der Waals surface area contributed by atoms with Crippen LogP contribution in [0.15, 0.2) is 0 Å². The van der Waals surface area contributed by atoms with Gasteiger partial charge in [-0.3, -0.25) is 4.79 Å². The van der Waals surface area contributed by atoms with Gasteiger partial charge in [-0.15, -0.1) is 0 Å². The van der Waals surface area contributed by atoms with Crippen molar-refractivity contribution in [2.45, 2.75) is 37.3 Å². The molecular weight excluding hydrogens is 274 g/mol. The average Bonchev–Trinajstić information content (AvgIpc) is 2.97. The van der Waals surface area contributed by atoms with Gasteiger partial charge < -0.3 is 23.8 Å². The predicted molar refractivity (Wildman–Crippen MR) is 75.1 cm³/mol. The van der Waals surface area contributed by atoms with Gasteiger partial charge in [-0.1, -0.05) is 0 Å². The summed E-state index contributed by atoms with van der Waals surface area (Å²) in [5.74, 6) is 0.163. The van der Waals surface area contributed by atoms with Crippen LogP contribution in [-0.2, 0) is 23.7 Å². The van der Waals surface area contributed by atoms with Crippen LogP contribution >= 0.6 is 0 Å². The van der Waals surface area contributed by atoms with E-state index in [1.807, 2.05) is 4.90 Å². The molecule has 0 N–H and O–H groups in total. The molecule has 0 saturated carbocycles. The molecule has 1 spiro atoms. The van der Waals surface area contributed by atoms with Gasteiger partial charge in [0.15, 0.2) is 0 Å². The van der Waals surface area contributed by atoms with E-state index < -0.39 is 0 Å². The highest BCUT2D eigenvalue weighted by Crippen LogP contribution is 2.29. The van der Waals surface area contributed by atoms with E-state index in [0.717, 1.165) is 32.5 Å². The van der Waals surface area contributed by atoms with Crippen LogP contribution < -0.4 is 0 Å². The Balaban J connectivity index is 1.47. The van der Waals surface area contributed by atoms with Crippen LogP contribution in [0.2, 0.25) is 0 Å². The molecule has 120 valence electrons. The minimum absolute atomic E-state index is 0.163. The molecule has 3 aliphatic rings. The third-order valence-corrected chi connectivity index (χ3v) is 4.62. The van der Waals surface area contributed by atoms with Crippen LogP contribution in [0.25, 0.3) is 0 Å². The molecule has 0 bridgehead atoms. The summed E-state index contributed by atoms with van der Waals surface area (Å²) in [7, 11) is 0. The van der Waals surface area contributed by atoms with E-state index in [1.54, 1.807) is 0 Å². The van der Waals surface area contributed by atoms with Gasteiger partial charge in [-0.2, -0.15) is 0 Å². The summed E-state index contributed by atoms with van der Waals surface area (Å²) in [5.41, 5.74) is -0.228. The quantitative estimate of drug-likeness (QED) is 0.760. The van der Waals surface area contributed by atoms with Crippen molar-refractivity contribution in [1.82, 2.24) is 4.90 Å². The third-order valence-electron chi connectivity index (χ3n) is 4.62. The lowest BCUT2D eigenvalue weighted by Gasteiger charge is -2.43. The second-order valence-electron chi connectivity index (χ2n) is 6.06. The largest absolute Gasteiger partial charge is 0.381 e. The molecule has 0 aliphatic carbocycles. The Kier molecular flexibility index (Phi) is 5.11. The van der Waals surface area contributed by atoms with Gasteiger partial charge >= 0.3 is 0 Å². The van der Waals surface area contributed by atoms with Gasteiger partial charge in [0.05, 0.1) is 44.5 Å². The zero-order valence-corrected chi connectivity index (χ0v) is 12.6. The second-order valence-corrected chi connectivity index (χ2v) is 6.06. The van der Waals surface area contributed by atoms with Crippen LogP contribution in [0, 0.1) is 0 Å². The van der Waals surface area contributed by atoms with Gasteiger partial charge in [0.1, 0.15) is 0 Å². The molecule has 6 heteroatoms. The molecular formula is C15H25NO5. The van der Waals surface area contributed by atoms with Crippen LogP contribution in [0.5, 0.6) is 0 Å². The topological polar surface area (TPSA) is 57.2 Å². The standard InChI is InChI=1S/C15H25NO5/c17-14(3-8-21-13-1-6-18-7-2-13)16-5-10-20-12-15(16)4-9-19-11-15/h13H,1-12H2. The highest BCUT2D eigenvalue weighted by Gasteiger charge is 2.45. The van der Waals surface area contributed by atoms with Crippen molar-refractivity contribution in [2.75, 3.05) is 52.8 Å². The van der Waals surface area contributed by atoms with E-state index in [9.17, 15) is 4.79 Å². The number of hydrogen-bond donors (Lipinski definition) is 0. The van der Waals surface area contributed by atoms with Crippen molar-refractivity contribution < 1.29 is 23.7 Å². The Morgan fingerprint density at radius 3 is 2.62 bits per heavy atom. The molecule has 21 heavy (non-hydrogen) atoms. The van der Waals surface area contributed by atoms with Crippen LogP contribution in [0.4, 0.5) is 0 Å². The number of morpholine rings is 1. The fourth-order valence-corrected chi connectivity index (χ4v) is 3.34. The van der Waals surface area contributed by atoms with E-state index in [2.05, 4.69) is 0 Å². The first-order valence-electron chi connectivity index (χ1n) is 7.95. The molecule has 3 heterocycles. The molecule has 3 fully saturated rings. The van der Waals surface area contributed by atoms with E-state index in [4.69, 9.17) is 18.9 Å². The maximum absolute atomic E-state index is 12.5. The number of nitrogens with zero attached hydrogens (tertiary/aromatic N) is 1. The number of carbonyl (C=O) groups excluding carboxylic acids is 1. The fourth-order valence-electron chi connectivity index (χ4n) is 3.34. The Morgan fingerprint density at radius 2 is 1.86 bits per heavy atom. The van der Waals surface area contributed by atoms with Gasteiger partial charge in [0, 0.05) is 26.4 Å². The molecule has 1 atom stereocenters. The summed E-state index contributed by atoms with van der Waals surface area (Å²) in [6.45, 7) is 5.22. The van der Waals surface area contributed by atoms with Crippen molar-refractivity contribution in [2.24, 2.45) is 0 Å². The molecule has 0 aromatic heterocycles. The monoisotopic (exact) mass is 299 g/mol. The predicted octanol–water partition coefficient (Wildman–Crippen LogP) is 0.590. The third kappa shape index (κ3) is 3.56. The maximum Gasteiger partial charge on any atom is 0.225 e. The zero-order valence-electron chi connectivity index (χ0n) is 12.6. The summed E-state index contributed by atoms with van der Waals surface area (Å²) in [4.78, 5) is 14.5. The van der Waals surface area contributed by atoms with E-state index >= 15 is 0 Å². The van der Waals surface area contributed by atoms with E-state index in [-0.39, 0.29) is 17.6 Å². The lowest BCUT2D eigenvalue weighted by atomic mass is 9.95. The zero-order chi connectivity index (χ0) is 14.5. The summed E-state index contributed by atoms with van der Waals surface area (Å²) in [6.07, 6.45) is 3.44. The van der Waals surface area contributed by atoms with Crippen molar-refractivity contribution in [3.8, 4) is 0 Å². The number of hydrogen-bond acceptors (Lipinski definition) is 5. The van der Waals surface area contributed by atoms with Crippen molar-refractivity contribution in [3.05, 3.63) is 0 Å². The van der Waals surface area contributed by atoms with Gasteiger partial charge in [-0.05, 0) is 19.3 Å². The molecule has 0 radical (unpaired) electrons. The van der Waals surface area contributed by atoms with Gasteiger partial charge in [-0.25, -0.2) is 0 Å². The summed E-state index contributed by atoms with van der Waals surface area (Å²) in [6, 6.07) is 0. The lowest BCUT2D eigenvalue weighted by molar-refractivity contribution is -0.151. The Labute approximate surface area is 125 Å². The van der Waals surface area contributed by atoms with Crippen LogP contribution in [0.1, 0.15) is 25.7 Å². The van der Waals surface area contributed by atoms with E-state index in [1.165, 1.54) is 0 Å². The highest BCUT2D eigenvalue weighted by molar-refractivity contribution is 5.77. The van der Waals surface area contributed by atoms with Gasteiger partial charge in [0.2, 0.25) is 5.91 Å². The molecule has 3 saturated heterocycles. The second kappa shape index (κ2) is 7.05. The maximum atomic E-state index is 12.5. The minimum atomic E-state index is -0.228. The molecule has 6 nitrogen and oxygen atoms in total. The van der Waals surface area contributed by atoms with Crippen LogP contribution in [-0.4, -0.2) is 75.2 Å². The average molecular weight is 299 g/mol. The molecule has 3 rings (SSSR count). The van der Waals surface area contributed by atoms with E-state index in [0.29, 0.717) is 46.0 Å². The number of amides is 1. The highest BCUT2D eigenvalue weighted by atomic mass is 16.5. The molecule has 1 unspecified atom stereocenters. The first-order valence-corrected chi connectivity index (χ1v) is 7.95. The lowest BCUT2D eigenvalue weighted by Crippen LogP contribution is -2.59. The molecule has 0 aromatic carbocycles. The minimum Gasteiger partial charge on any atom is -0.381 e. The Hall–Kier alpha value is -0.690. The summed E-state index contributed by atoms with van der Waals surface area (Å²) < 4.78 is 22.2. The normalized spacial score (nSPS) is 31.0. The van der Waals surface area contributed by atoms with Crippen molar-refractivity contribution in [3.63, 3.8) is 0 Å². The van der Waals surface area contributed by atoms with Crippen molar-refractivity contribution >= 4 is 5.91 Å². The molecule has 0 aromatic rings. The first-order chi connectivity index (χ1) is 10.3. The summed E-state index contributed by atoms with van der Waals surface area (Å²) >= 11 is 0. The Morgan fingerprint density at radius 1 is 1.10 bits per heavy atom. The van der Waals surface area contributed by atoms with Crippen molar-refractivity contribution in [1.29, 1.82) is 0 Å². The van der Waals surface area contributed by atoms with Gasteiger partial charge in [0.25, 0.3) is 0 Å². The fraction of sp³-hybridized carbons (Fsp3) is 0.933. The number of carbonyl (C=O) groups is 1. The summed E-state index contributed by atoms with van der Waals surface area (Å²) in [5, 5.41) is 0. The first kappa shape index (κ1) is 15.2. The SMILES string of the molecule is O=C(CCOC1CCOCC1)N1CCOCC12CCOC2. The Bertz CT molecular complexity index is 350. The number of rotatable bonds is 4. The molecule has 3 aliphatic heterocycles. The van der Waals surface area contributed by atoms with Crippen LogP contribution in [0.3, 0.4) is 0 Å².